The lowest BCUT2D eigenvalue weighted by atomic mass is 10.0. The van der Waals surface area contributed by atoms with E-state index in [2.05, 4.69) is 4.98 Å². The Balaban J connectivity index is 2.04. The third-order valence-electron chi connectivity index (χ3n) is 3.83. The van der Waals surface area contributed by atoms with Gasteiger partial charge in [0.2, 0.25) is 0 Å². The molecule has 2 N–H and O–H groups in total. The molecule has 0 radical (unpaired) electrons. The number of fused-ring (bicyclic) bond motifs is 3. The number of carboxylic acids is 1. The maximum Gasteiger partial charge on any atom is 0.414 e. The molecule has 2 aromatic rings. The lowest BCUT2D eigenvalue weighted by molar-refractivity contribution is -0.130. The number of hydrogen-bond acceptors (Lipinski definition) is 3. The fourth-order valence-corrected chi connectivity index (χ4v) is 2.83. The van der Waals surface area contributed by atoms with Crippen LogP contribution in [0.3, 0.4) is 0 Å². The van der Waals surface area contributed by atoms with Gasteiger partial charge in [-0.25, -0.2) is 9.59 Å². The number of ether oxygens (including phenoxy) is 1. The first-order valence-electron chi connectivity index (χ1n) is 7.81. The van der Waals surface area contributed by atoms with Gasteiger partial charge in [0.1, 0.15) is 5.60 Å². The van der Waals surface area contributed by atoms with E-state index in [1.165, 1.54) is 11.1 Å². The lowest BCUT2D eigenvalue weighted by Gasteiger charge is -2.24. The first kappa shape index (κ1) is 16.1. The zero-order chi connectivity index (χ0) is 17.5. The van der Waals surface area contributed by atoms with Crippen molar-refractivity contribution in [2.75, 3.05) is 6.54 Å². The summed E-state index contributed by atoms with van der Waals surface area (Å²) in [5.74, 6) is -1.08. The number of nitrogens with zero attached hydrogens (tertiary/aromatic N) is 1. The van der Waals surface area contributed by atoms with Gasteiger partial charge in [-0.1, -0.05) is 18.2 Å². The molecule has 3 rings (SSSR count). The van der Waals surface area contributed by atoms with Gasteiger partial charge < -0.3 is 14.8 Å². The van der Waals surface area contributed by atoms with Crippen LogP contribution in [0, 0.1) is 0 Å². The van der Waals surface area contributed by atoms with Crippen LogP contribution in [0.4, 0.5) is 4.79 Å². The normalized spacial score (nSPS) is 14.8. The van der Waals surface area contributed by atoms with E-state index in [1.807, 2.05) is 24.3 Å². The maximum atomic E-state index is 12.3. The molecule has 1 aliphatic rings. The van der Waals surface area contributed by atoms with E-state index in [-0.39, 0.29) is 5.57 Å². The third kappa shape index (κ3) is 2.99. The monoisotopic (exact) mass is 328 g/mol. The summed E-state index contributed by atoms with van der Waals surface area (Å²) in [5, 5.41) is 10.6. The quantitative estimate of drug-likeness (QED) is 0.840. The molecule has 1 aliphatic heterocycles. The smallest absolute Gasteiger partial charge is 0.414 e. The van der Waals surface area contributed by atoms with Crippen molar-refractivity contribution in [3.05, 3.63) is 41.7 Å². The Labute approximate surface area is 139 Å². The fraction of sp³-hybridized carbons (Fsp3) is 0.333. The molecule has 0 fully saturated rings. The number of aliphatic carboxylic acids is 1. The second kappa shape index (κ2) is 5.70. The zero-order valence-electron chi connectivity index (χ0n) is 13.9. The highest BCUT2D eigenvalue weighted by atomic mass is 16.6. The van der Waals surface area contributed by atoms with Crippen molar-refractivity contribution in [3.8, 4) is 0 Å². The Bertz CT molecular complexity index is 842. The summed E-state index contributed by atoms with van der Waals surface area (Å²) in [7, 11) is 0. The van der Waals surface area contributed by atoms with Gasteiger partial charge in [0, 0.05) is 23.6 Å². The highest BCUT2D eigenvalue weighted by Crippen LogP contribution is 2.31. The standard InChI is InChI=1S/C18H20N2O4/c1-18(2,3)24-17(23)20-9-8-12-11-6-4-5-7-14(11)19-15(12)13(10-20)16(21)22/h4-7,10,19H,8-9H2,1-3H3,(H,21,22). The summed E-state index contributed by atoms with van der Waals surface area (Å²) in [6.45, 7) is 5.70. The molecular formula is C18H20N2O4. The first-order valence-corrected chi connectivity index (χ1v) is 7.81. The summed E-state index contributed by atoms with van der Waals surface area (Å²) in [6.07, 6.45) is 1.36. The van der Waals surface area contributed by atoms with Crippen molar-refractivity contribution in [1.82, 2.24) is 9.88 Å². The molecule has 126 valence electrons. The van der Waals surface area contributed by atoms with Gasteiger partial charge in [-0.2, -0.15) is 0 Å². The summed E-state index contributed by atoms with van der Waals surface area (Å²) in [6, 6.07) is 7.68. The SMILES string of the molecule is CC(C)(C)OC(=O)N1C=C(C(=O)O)c2[nH]c3ccccc3c2CC1. The Morgan fingerprint density at radius 3 is 2.62 bits per heavy atom. The number of para-hydroxylation sites is 1. The zero-order valence-corrected chi connectivity index (χ0v) is 13.9. The van der Waals surface area contributed by atoms with Gasteiger partial charge in [0.25, 0.3) is 0 Å². The fourth-order valence-electron chi connectivity index (χ4n) is 2.83. The molecule has 0 spiro atoms. The second-order valence-corrected chi connectivity index (χ2v) is 6.80. The van der Waals surface area contributed by atoms with Gasteiger partial charge in [0.05, 0.1) is 11.3 Å². The Morgan fingerprint density at radius 2 is 1.96 bits per heavy atom. The molecule has 1 amide bonds. The number of benzene rings is 1. The van der Waals surface area contributed by atoms with Crippen LogP contribution >= 0.6 is 0 Å². The third-order valence-corrected chi connectivity index (χ3v) is 3.83. The number of amides is 1. The average molecular weight is 328 g/mol. The van der Waals surface area contributed by atoms with Crippen molar-refractivity contribution in [1.29, 1.82) is 0 Å². The van der Waals surface area contributed by atoms with E-state index >= 15 is 0 Å². The van der Waals surface area contributed by atoms with E-state index in [9.17, 15) is 14.7 Å². The molecule has 2 heterocycles. The molecule has 6 nitrogen and oxygen atoms in total. The number of aromatic amines is 1. The van der Waals surface area contributed by atoms with Crippen LogP contribution < -0.4 is 0 Å². The van der Waals surface area contributed by atoms with Crippen molar-refractivity contribution in [2.45, 2.75) is 32.8 Å². The Hall–Kier alpha value is -2.76. The molecule has 1 aromatic carbocycles. The molecular weight excluding hydrogens is 308 g/mol. The summed E-state index contributed by atoms with van der Waals surface area (Å²) in [4.78, 5) is 28.6. The predicted octanol–water partition coefficient (Wildman–Crippen LogP) is 3.39. The number of nitrogens with one attached hydrogen (secondary N) is 1. The lowest BCUT2D eigenvalue weighted by Crippen LogP contribution is -2.34. The average Bonchev–Trinajstić information content (AvgIpc) is 2.72. The summed E-state index contributed by atoms with van der Waals surface area (Å²) < 4.78 is 5.36. The number of carbonyl (C=O) groups is 2. The van der Waals surface area contributed by atoms with Crippen molar-refractivity contribution in [2.24, 2.45) is 0 Å². The van der Waals surface area contributed by atoms with E-state index < -0.39 is 17.7 Å². The number of aromatic nitrogens is 1. The van der Waals surface area contributed by atoms with Crippen molar-refractivity contribution >= 4 is 28.5 Å². The molecule has 0 bridgehead atoms. The largest absolute Gasteiger partial charge is 0.478 e. The van der Waals surface area contributed by atoms with E-state index in [1.54, 1.807) is 20.8 Å². The second-order valence-electron chi connectivity index (χ2n) is 6.80. The van der Waals surface area contributed by atoms with Crippen LogP contribution in [-0.2, 0) is 16.0 Å². The number of H-pyrrole nitrogens is 1. The van der Waals surface area contributed by atoms with Gasteiger partial charge >= 0.3 is 12.1 Å². The Kier molecular flexibility index (Phi) is 3.83. The number of carbonyl (C=O) groups excluding carboxylic acids is 1. The van der Waals surface area contributed by atoms with Gasteiger partial charge in [-0.15, -0.1) is 0 Å². The number of rotatable bonds is 1. The summed E-state index contributed by atoms with van der Waals surface area (Å²) in [5.41, 5.74) is 1.77. The minimum Gasteiger partial charge on any atom is -0.478 e. The van der Waals surface area contributed by atoms with Crippen LogP contribution in [0.2, 0.25) is 0 Å². The highest BCUT2D eigenvalue weighted by Gasteiger charge is 2.28. The van der Waals surface area contributed by atoms with Crippen LogP contribution in [-0.4, -0.2) is 39.2 Å². The van der Waals surface area contributed by atoms with Crippen LogP contribution in [0.15, 0.2) is 30.5 Å². The minimum atomic E-state index is -1.08. The van der Waals surface area contributed by atoms with E-state index in [0.717, 1.165) is 16.5 Å². The van der Waals surface area contributed by atoms with E-state index in [4.69, 9.17) is 4.74 Å². The maximum absolute atomic E-state index is 12.3. The van der Waals surface area contributed by atoms with Gasteiger partial charge in [0.15, 0.2) is 0 Å². The topological polar surface area (TPSA) is 82.6 Å². The van der Waals surface area contributed by atoms with Gasteiger partial charge in [-0.05, 0) is 38.8 Å². The molecule has 0 aliphatic carbocycles. The molecule has 24 heavy (non-hydrogen) atoms. The molecule has 1 aromatic heterocycles. The van der Waals surface area contributed by atoms with Crippen LogP contribution in [0.1, 0.15) is 32.0 Å². The molecule has 0 saturated carbocycles. The minimum absolute atomic E-state index is 0.0598. The predicted molar refractivity (Wildman–Crippen MR) is 90.6 cm³/mol. The van der Waals surface area contributed by atoms with Crippen LogP contribution in [0.25, 0.3) is 16.5 Å². The summed E-state index contributed by atoms with van der Waals surface area (Å²) >= 11 is 0. The van der Waals surface area contributed by atoms with Gasteiger partial charge in [-0.3, -0.25) is 4.90 Å². The van der Waals surface area contributed by atoms with Crippen molar-refractivity contribution in [3.63, 3.8) is 0 Å². The molecule has 0 atom stereocenters. The highest BCUT2D eigenvalue weighted by molar-refractivity contribution is 6.17. The Morgan fingerprint density at radius 1 is 1.25 bits per heavy atom. The van der Waals surface area contributed by atoms with Crippen LogP contribution in [0.5, 0.6) is 0 Å². The molecule has 0 unspecified atom stereocenters. The number of hydrogen-bond donors (Lipinski definition) is 2. The molecule has 0 saturated heterocycles. The number of carboxylic acid groups (broad SMARTS) is 1. The van der Waals surface area contributed by atoms with E-state index in [0.29, 0.717) is 18.7 Å². The molecule has 6 heteroatoms. The van der Waals surface area contributed by atoms with Crippen molar-refractivity contribution < 1.29 is 19.4 Å². The first-order chi connectivity index (χ1) is 11.3.